The molecule has 1 aromatic carbocycles. The number of carboxylic acid groups (broad SMARTS) is 1. The molecule has 1 aliphatic carbocycles. The predicted molar refractivity (Wildman–Crippen MR) is 56.2 cm³/mol. The molecule has 1 N–H and O–H groups in total. The van der Waals surface area contributed by atoms with E-state index < -0.39 is 22.1 Å². The van der Waals surface area contributed by atoms with Gasteiger partial charge < -0.3 is 5.11 Å². The van der Waals surface area contributed by atoms with E-state index in [1.807, 2.05) is 0 Å². The summed E-state index contributed by atoms with van der Waals surface area (Å²) in [6.07, 6.45) is 1.30. The second-order valence-corrected chi connectivity index (χ2v) is 4.16. The maximum absolute atomic E-state index is 13.1. The van der Waals surface area contributed by atoms with Gasteiger partial charge in [-0.05, 0) is 25.0 Å². The molecule has 1 aromatic rings. The first kappa shape index (κ1) is 11.5. The SMILES string of the molecule is O=C(O)C1(c2cc(F)ccc2[N+](=O)[O-])CCC1. The van der Waals surface area contributed by atoms with E-state index in [4.69, 9.17) is 0 Å². The summed E-state index contributed by atoms with van der Waals surface area (Å²) in [5.74, 6) is -1.78. The summed E-state index contributed by atoms with van der Waals surface area (Å²) in [7, 11) is 0. The normalized spacial score (nSPS) is 17.2. The van der Waals surface area contributed by atoms with E-state index in [9.17, 15) is 24.4 Å². The van der Waals surface area contributed by atoms with Crippen LogP contribution in [0.1, 0.15) is 24.8 Å². The summed E-state index contributed by atoms with van der Waals surface area (Å²) in [4.78, 5) is 21.4. The van der Waals surface area contributed by atoms with Crippen molar-refractivity contribution in [1.29, 1.82) is 0 Å². The molecule has 0 saturated heterocycles. The Hall–Kier alpha value is -1.98. The fourth-order valence-electron chi connectivity index (χ4n) is 2.18. The van der Waals surface area contributed by atoms with Crippen LogP contribution in [-0.2, 0) is 10.2 Å². The lowest BCUT2D eigenvalue weighted by atomic mass is 9.64. The Kier molecular flexibility index (Phi) is 2.57. The van der Waals surface area contributed by atoms with Gasteiger partial charge in [-0.15, -0.1) is 0 Å². The average molecular weight is 239 g/mol. The van der Waals surface area contributed by atoms with Crippen LogP contribution < -0.4 is 0 Å². The minimum absolute atomic E-state index is 0.0266. The van der Waals surface area contributed by atoms with Crippen molar-refractivity contribution in [2.75, 3.05) is 0 Å². The van der Waals surface area contributed by atoms with Crippen LogP contribution in [0.5, 0.6) is 0 Å². The Morgan fingerprint density at radius 2 is 2.12 bits per heavy atom. The molecule has 0 radical (unpaired) electrons. The maximum atomic E-state index is 13.1. The molecule has 1 fully saturated rings. The van der Waals surface area contributed by atoms with Gasteiger partial charge in [-0.1, -0.05) is 6.42 Å². The summed E-state index contributed by atoms with van der Waals surface area (Å²) >= 11 is 0. The molecule has 0 spiro atoms. The first-order valence-corrected chi connectivity index (χ1v) is 5.15. The highest BCUT2D eigenvalue weighted by Crippen LogP contribution is 2.47. The number of carbonyl (C=O) groups is 1. The molecule has 0 amide bonds. The third-order valence-corrected chi connectivity index (χ3v) is 3.29. The number of benzene rings is 1. The molecule has 0 aromatic heterocycles. The number of nitro benzene ring substituents is 1. The lowest BCUT2D eigenvalue weighted by Gasteiger charge is -2.37. The van der Waals surface area contributed by atoms with Gasteiger partial charge in [-0.25, -0.2) is 4.39 Å². The molecule has 0 heterocycles. The number of carboxylic acids is 1. The zero-order valence-electron chi connectivity index (χ0n) is 8.85. The Labute approximate surface area is 96.0 Å². The number of aliphatic carboxylic acids is 1. The standard InChI is InChI=1S/C11H10FNO4/c12-7-2-3-9(13(16)17)8(6-7)11(10(14)15)4-1-5-11/h2-3,6H,1,4-5H2,(H,14,15). The predicted octanol–water partition coefficient (Wildman–Crippen LogP) is 2.24. The minimum atomic E-state index is -1.29. The third kappa shape index (κ3) is 1.65. The van der Waals surface area contributed by atoms with Crippen molar-refractivity contribution in [2.24, 2.45) is 0 Å². The van der Waals surface area contributed by atoms with Crippen molar-refractivity contribution >= 4 is 11.7 Å². The van der Waals surface area contributed by atoms with Crippen LogP contribution in [0.3, 0.4) is 0 Å². The zero-order valence-corrected chi connectivity index (χ0v) is 8.85. The highest BCUT2D eigenvalue weighted by molar-refractivity contribution is 5.84. The first-order chi connectivity index (χ1) is 7.97. The van der Waals surface area contributed by atoms with Crippen LogP contribution in [0, 0.1) is 15.9 Å². The van der Waals surface area contributed by atoms with E-state index in [0.717, 1.165) is 18.2 Å². The lowest BCUT2D eigenvalue weighted by Crippen LogP contribution is -2.42. The van der Waals surface area contributed by atoms with Gasteiger partial charge in [0.05, 0.1) is 15.9 Å². The van der Waals surface area contributed by atoms with Gasteiger partial charge in [0, 0.05) is 6.07 Å². The highest BCUT2D eigenvalue weighted by atomic mass is 19.1. The zero-order chi connectivity index (χ0) is 12.6. The summed E-state index contributed by atoms with van der Waals surface area (Å²) in [5, 5.41) is 20.0. The fraction of sp³-hybridized carbons (Fsp3) is 0.364. The Morgan fingerprint density at radius 1 is 1.47 bits per heavy atom. The maximum Gasteiger partial charge on any atom is 0.314 e. The summed E-state index contributed by atoms with van der Waals surface area (Å²) in [5.41, 5.74) is -1.64. The van der Waals surface area contributed by atoms with E-state index >= 15 is 0 Å². The van der Waals surface area contributed by atoms with Gasteiger partial charge in [0.1, 0.15) is 5.82 Å². The van der Waals surface area contributed by atoms with E-state index in [2.05, 4.69) is 0 Å². The number of nitrogens with zero attached hydrogens (tertiary/aromatic N) is 1. The third-order valence-electron chi connectivity index (χ3n) is 3.29. The molecule has 1 saturated carbocycles. The molecular weight excluding hydrogens is 229 g/mol. The molecule has 90 valence electrons. The fourth-order valence-corrected chi connectivity index (χ4v) is 2.18. The van der Waals surface area contributed by atoms with E-state index in [-0.39, 0.29) is 11.3 Å². The Balaban J connectivity index is 2.60. The van der Waals surface area contributed by atoms with Gasteiger partial charge in [0.2, 0.25) is 0 Å². The van der Waals surface area contributed by atoms with Crippen LogP contribution in [0.2, 0.25) is 0 Å². The van der Waals surface area contributed by atoms with Gasteiger partial charge >= 0.3 is 5.97 Å². The molecule has 2 rings (SSSR count). The van der Waals surface area contributed by atoms with Gasteiger partial charge in [-0.2, -0.15) is 0 Å². The van der Waals surface area contributed by atoms with Gasteiger partial charge in [0.15, 0.2) is 0 Å². The molecule has 1 aliphatic rings. The van der Waals surface area contributed by atoms with Crippen LogP contribution in [0.15, 0.2) is 18.2 Å². The summed E-state index contributed by atoms with van der Waals surface area (Å²) < 4.78 is 13.1. The largest absolute Gasteiger partial charge is 0.481 e. The van der Waals surface area contributed by atoms with Crippen LogP contribution in [0.4, 0.5) is 10.1 Å². The Bertz CT molecular complexity index is 496. The number of hydrogen-bond donors (Lipinski definition) is 1. The van der Waals surface area contributed by atoms with Crippen molar-refractivity contribution in [3.8, 4) is 0 Å². The molecule has 0 atom stereocenters. The lowest BCUT2D eigenvalue weighted by molar-refractivity contribution is -0.386. The van der Waals surface area contributed by atoms with E-state index in [1.165, 1.54) is 0 Å². The van der Waals surface area contributed by atoms with Crippen LogP contribution in [0.25, 0.3) is 0 Å². The second-order valence-electron chi connectivity index (χ2n) is 4.16. The molecule has 5 nitrogen and oxygen atoms in total. The number of halogens is 1. The smallest absolute Gasteiger partial charge is 0.314 e. The molecule has 17 heavy (non-hydrogen) atoms. The molecule has 0 aliphatic heterocycles. The van der Waals surface area contributed by atoms with Crippen molar-refractivity contribution in [1.82, 2.24) is 0 Å². The van der Waals surface area contributed by atoms with Crippen LogP contribution >= 0.6 is 0 Å². The van der Waals surface area contributed by atoms with Crippen molar-refractivity contribution in [2.45, 2.75) is 24.7 Å². The number of hydrogen-bond acceptors (Lipinski definition) is 3. The molecular formula is C11H10FNO4. The topological polar surface area (TPSA) is 80.4 Å². The average Bonchev–Trinajstić information content (AvgIpc) is 2.14. The summed E-state index contributed by atoms with van der Waals surface area (Å²) in [6.45, 7) is 0. The Morgan fingerprint density at radius 3 is 2.53 bits per heavy atom. The van der Waals surface area contributed by atoms with Crippen molar-refractivity contribution in [3.05, 3.63) is 39.7 Å². The summed E-state index contributed by atoms with van der Waals surface area (Å²) in [6, 6.07) is 2.95. The number of rotatable bonds is 3. The second kappa shape index (κ2) is 3.80. The molecule has 0 unspecified atom stereocenters. The van der Waals surface area contributed by atoms with Crippen molar-refractivity contribution < 1.29 is 19.2 Å². The quantitative estimate of drug-likeness (QED) is 0.647. The highest BCUT2D eigenvalue weighted by Gasteiger charge is 2.49. The monoisotopic (exact) mass is 239 g/mol. The molecule has 0 bridgehead atoms. The van der Waals surface area contributed by atoms with Crippen LogP contribution in [-0.4, -0.2) is 16.0 Å². The van der Waals surface area contributed by atoms with Gasteiger partial charge in [0.25, 0.3) is 5.69 Å². The minimum Gasteiger partial charge on any atom is -0.481 e. The van der Waals surface area contributed by atoms with E-state index in [1.54, 1.807) is 0 Å². The molecule has 6 heteroatoms. The first-order valence-electron chi connectivity index (χ1n) is 5.15. The van der Waals surface area contributed by atoms with E-state index in [0.29, 0.717) is 19.3 Å². The van der Waals surface area contributed by atoms with Gasteiger partial charge in [-0.3, -0.25) is 14.9 Å². The van der Waals surface area contributed by atoms with Crippen molar-refractivity contribution in [3.63, 3.8) is 0 Å². The number of nitro groups is 1.